The van der Waals surface area contributed by atoms with Gasteiger partial charge in [-0.1, -0.05) is 55.8 Å². The van der Waals surface area contributed by atoms with Crippen LogP contribution in [-0.4, -0.2) is 37.3 Å². The molecule has 3 aromatic rings. The number of aromatic nitrogens is 4. The molecule has 4 rings (SSSR count). The van der Waals surface area contributed by atoms with Crippen LogP contribution in [0.1, 0.15) is 60.7 Å². The van der Waals surface area contributed by atoms with Gasteiger partial charge in [-0.3, -0.25) is 4.79 Å². The molecule has 0 unspecified atom stereocenters. The Morgan fingerprint density at radius 2 is 1.94 bits per heavy atom. The van der Waals surface area contributed by atoms with Crippen LogP contribution in [0.3, 0.4) is 0 Å². The highest BCUT2D eigenvalue weighted by Crippen LogP contribution is 2.25. The third kappa shape index (κ3) is 4.92. The highest BCUT2D eigenvalue weighted by Gasteiger charge is 2.23. The van der Waals surface area contributed by atoms with Gasteiger partial charge in [-0.15, -0.1) is 5.10 Å². The Hall–Kier alpha value is -2.41. The smallest absolute Gasteiger partial charge is 0.253 e. The zero-order chi connectivity index (χ0) is 22.0. The van der Waals surface area contributed by atoms with Gasteiger partial charge in [0.25, 0.3) is 5.78 Å². The van der Waals surface area contributed by atoms with E-state index in [1.807, 2.05) is 11.4 Å². The van der Waals surface area contributed by atoms with Crippen molar-refractivity contribution >= 4 is 23.4 Å². The first-order chi connectivity index (χ1) is 14.9. The third-order valence-corrected chi connectivity index (χ3v) is 7.29. The van der Waals surface area contributed by atoms with Crippen molar-refractivity contribution in [3.8, 4) is 0 Å². The molecule has 0 bridgehead atoms. The topological polar surface area (TPSA) is 72.2 Å². The number of hydrogen-bond acceptors (Lipinski definition) is 5. The number of fused-ring (bicyclic) bond motifs is 1. The second kappa shape index (κ2) is 9.39. The predicted molar refractivity (Wildman–Crippen MR) is 125 cm³/mol. The zero-order valence-corrected chi connectivity index (χ0v) is 19.6. The van der Waals surface area contributed by atoms with Crippen LogP contribution < -0.4 is 5.32 Å². The summed E-state index contributed by atoms with van der Waals surface area (Å²) in [4.78, 5) is 21.7. The Kier molecular flexibility index (Phi) is 6.60. The number of aryl methyl sites for hydroxylation is 3. The maximum atomic E-state index is 12.4. The molecule has 1 aliphatic carbocycles. The van der Waals surface area contributed by atoms with E-state index in [2.05, 4.69) is 65.4 Å². The molecule has 1 fully saturated rings. The van der Waals surface area contributed by atoms with Crippen LogP contribution >= 0.6 is 11.8 Å². The van der Waals surface area contributed by atoms with Gasteiger partial charge in [0.2, 0.25) is 11.1 Å². The molecule has 31 heavy (non-hydrogen) atoms. The van der Waals surface area contributed by atoms with E-state index in [1.54, 1.807) is 0 Å². The summed E-state index contributed by atoms with van der Waals surface area (Å²) in [6.45, 7) is 8.46. The van der Waals surface area contributed by atoms with E-state index < -0.39 is 0 Å². The maximum Gasteiger partial charge on any atom is 0.253 e. The molecule has 0 aliphatic heterocycles. The van der Waals surface area contributed by atoms with Gasteiger partial charge in [-0.05, 0) is 56.2 Å². The average molecular weight is 438 g/mol. The molecule has 0 spiro atoms. The van der Waals surface area contributed by atoms with Crippen molar-refractivity contribution in [1.29, 1.82) is 0 Å². The molecular weight excluding hydrogens is 406 g/mol. The molecule has 1 amide bonds. The third-order valence-electron chi connectivity index (χ3n) is 6.45. The minimum atomic E-state index is 0.0590. The van der Waals surface area contributed by atoms with Crippen molar-refractivity contribution in [2.75, 3.05) is 5.75 Å². The van der Waals surface area contributed by atoms with E-state index in [1.165, 1.54) is 47.7 Å². The lowest BCUT2D eigenvalue weighted by Gasteiger charge is -2.29. The molecule has 164 valence electrons. The molecule has 0 saturated heterocycles. The van der Waals surface area contributed by atoms with E-state index in [0.717, 1.165) is 24.2 Å². The summed E-state index contributed by atoms with van der Waals surface area (Å²) < 4.78 is 1.81. The monoisotopic (exact) mass is 437 g/mol. The summed E-state index contributed by atoms with van der Waals surface area (Å²) in [5.74, 6) is 1.53. The van der Waals surface area contributed by atoms with Gasteiger partial charge >= 0.3 is 0 Å². The minimum Gasteiger partial charge on any atom is -0.352 e. The minimum absolute atomic E-state index is 0.0590. The van der Waals surface area contributed by atoms with Crippen LogP contribution in [0.25, 0.3) is 5.78 Å². The average Bonchev–Trinajstić information content (AvgIpc) is 3.15. The van der Waals surface area contributed by atoms with Gasteiger partial charge in [-0.2, -0.15) is 4.98 Å². The predicted octanol–water partition coefficient (Wildman–Crippen LogP) is 4.43. The van der Waals surface area contributed by atoms with Crippen LogP contribution in [0.2, 0.25) is 0 Å². The van der Waals surface area contributed by atoms with Crippen molar-refractivity contribution in [2.45, 2.75) is 71.0 Å². The standard InChI is InChI=1S/C24H31N5OS/c1-15-9-5-7-11-19(15)13-20-17(3)25-23-27-24(28-29(23)18(20)4)31-14-22(30)26-21-12-8-6-10-16(21)2/h5,7,9,11,16,21H,6,8,10,12-14H2,1-4H3,(H,26,30)/t16-,21-/m0/s1. The lowest BCUT2D eigenvalue weighted by Crippen LogP contribution is -2.41. The molecule has 1 aliphatic rings. The summed E-state index contributed by atoms with van der Waals surface area (Å²) in [6, 6.07) is 8.72. The number of carbonyl (C=O) groups excluding carboxylic acids is 1. The van der Waals surface area contributed by atoms with E-state index in [4.69, 9.17) is 0 Å². The summed E-state index contributed by atoms with van der Waals surface area (Å²) in [7, 11) is 0. The number of amides is 1. The van der Waals surface area contributed by atoms with E-state index in [9.17, 15) is 4.79 Å². The van der Waals surface area contributed by atoms with E-state index in [-0.39, 0.29) is 5.91 Å². The first kappa shape index (κ1) is 21.8. The lowest BCUT2D eigenvalue weighted by molar-refractivity contribution is -0.119. The van der Waals surface area contributed by atoms with Gasteiger partial charge in [0.05, 0.1) is 5.75 Å². The Labute approximate surface area is 188 Å². The zero-order valence-electron chi connectivity index (χ0n) is 18.8. The van der Waals surface area contributed by atoms with Gasteiger partial charge < -0.3 is 5.32 Å². The molecule has 6 nitrogen and oxygen atoms in total. The molecule has 2 atom stereocenters. The summed E-state index contributed by atoms with van der Waals surface area (Å²) in [5.41, 5.74) is 5.76. The van der Waals surface area contributed by atoms with Crippen LogP contribution in [0, 0.1) is 26.7 Å². The lowest BCUT2D eigenvalue weighted by atomic mass is 9.86. The second-order valence-corrected chi connectivity index (χ2v) is 9.64. The number of benzene rings is 1. The Morgan fingerprint density at radius 1 is 1.16 bits per heavy atom. The summed E-state index contributed by atoms with van der Waals surface area (Å²) >= 11 is 1.38. The maximum absolute atomic E-state index is 12.4. The van der Waals surface area contributed by atoms with Gasteiger partial charge in [0, 0.05) is 23.9 Å². The van der Waals surface area contributed by atoms with Gasteiger partial charge in [0.1, 0.15) is 0 Å². The SMILES string of the molecule is Cc1ccccc1Cc1c(C)nc2nc(SCC(=O)N[C@H]3CCCC[C@@H]3C)nn2c1C. The van der Waals surface area contributed by atoms with Crippen molar-refractivity contribution in [3.05, 3.63) is 52.3 Å². The Balaban J connectivity index is 1.47. The van der Waals surface area contributed by atoms with Crippen molar-refractivity contribution in [3.63, 3.8) is 0 Å². The quantitative estimate of drug-likeness (QED) is 0.578. The summed E-state index contributed by atoms with van der Waals surface area (Å²) in [5, 5.41) is 8.43. The van der Waals surface area contributed by atoms with Crippen LogP contribution in [0.15, 0.2) is 29.4 Å². The number of nitrogens with one attached hydrogen (secondary N) is 1. The second-order valence-electron chi connectivity index (χ2n) is 8.70. The number of nitrogens with zero attached hydrogens (tertiary/aromatic N) is 4. The molecule has 1 N–H and O–H groups in total. The number of rotatable bonds is 6. The fourth-order valence-electron chi connectivity index (χ4n) is 4.42. The van der Waals surface area contributed by atoms with Crippen molar-refractivity contribution in [2.24, 2.45) is 5.92 Å². The van der Waals surface area contributed by atoms with Gasteiger partial charge in [0.15, 0.2) is 0 Å². The molecule has 1 aromatic carbocycles. The molecule has 7 heteroatoms. The molecule has 2 heterocycles. The first-order valence-electron chi connectivity index (χ1n) is 11.1. The van der Waals surface area contributed by atoms with Crippen LogP contribution in [0.5, 0.6) is 0 Å². The fourth-order valence-corrected chi connectivity index (χ4v) is 5.04. The Bertz CT molecular complexity index is 1090. The van der Waals surface area contributed by atoms with Crippen LogP contribution in [0.4, 0.5) is 0 Å². The molecule has 2 aromatic heterocycles. The Morgan fingerprint density at radius 3 is 2.71 bits per heavy atom. The van der Waals surface area contributed by atoms with Crippen molar-refractivity contribution < 1.29 is 4.79 Å². The first-order valence-corrected chi connectivity index (χ1v) is 12.1. The number of carbonyl (C=O) groups is 1. The molecule has 1 saturated carbocycles. The highest BCUT2D eigenvalue weighted by molar-refractivity contribution is 7.99. The molecular formula is C24H31N5OS. The molecule has 0 radical (unpaired) electrons. The fraction of sp³-hybridized carbons (Fsp3) is 0.500. The van der Waals surface area contributed by atoms with E-state index >= 15 is 0 Å². The normalized spacial score (nSPS) is 19.0. The highest BCUT2D eigenvalue weighted by atomic mass is 32.2. The number of hydrogen-bond donors (Lipinski definition) is 1. The van der Waals surface area contributed by atoms with Crippen molar-refractivity contribution in [1.82, 2.24) is 24.9 Å². The van der Waals surface area contributed by atoms with Crippen LogP contribution in [-0.2, 0) is 11.2 Å². The summed E-state index contributed by atoms with van der Waals surface area (Å²) in [6.07, 6.45) is 5.56. The number of thioether (sulfide) groups is 1. The van der Waals surface area contributed by atoms with Gasteiger partial charge in [-0.25, -0.2) is 9.50 Å². The largest absolute Gasteiger partial charge is 0.352 e. The van der Waals surface area contributed by atoms with E-state index in [0.29, 0.717) is 28.6 Å².